The lowest BCUT2D eigenvalue weighted by atomic mass is 10.0. The van der Waals surface area contributed by atoms with E-state index in [0.717, 1.165) is 32.0 Å². The zero-order valence-corrected chi connectivity index (χ0v) is 18.7. The maximum absolute atomic E-state index is 10.8. The number of methoxy groups -OCH3 is 1. The number of aliphatic hydroxyl groups excluding tert-OH is 1. The Kier molecular flexibility index (Phi) is 6.44. The lowest BCUT2D eigenvalue weighted by Crippen LogP contribution is -2.04. The molecule has 4 nitrogen and oxygen atoms in total. The Morgan fingerprint density at radius 3 is 2.39 bits per heavy atom. The maximum Gasteiger partial charge on any atom is 0.151 e. The summed E-state index contributed by atoms with van der Waals surface area (Å²) < 4.78 is 18.7. The molecule has 4 aromatic rings. The minimum absolute atomic E-state index is 0.0675. The van der Waals surface area contributed by atoms with Crippen LogP contribution in [0, 0.1) is 5.92 Å². The molecule has 1 atom stereocenters. The normalized spacial score (nSPS) is 12.2. The fourth-order valence-electron chi connectivity index (χ4n) is 3.29. The highest BCUT2D eigenvalue weighted by molar-refractivity contribution is 7.19. The Hall–Kier alpha value is -3.02. The molecule has 5 heteroatoms. The van der Waals surface area contributed by atoms with E-state index in [4.69, 9.17) is 14.2 Å². The molecular formula is C26H26O4S. The van der Waals surface area contributed by atoms with Gasteiger partial charge in [-0.25, -0.2) is 0 Å². The van der Waals surface area contributed by atoms with Crippen LogP contribution in [0.1, 0.15) is 30.4 Å². The molecule has 0 saturated carbocycles. The Bertz CT molecular complexity index is 1150. The Balaban J connectivity index is 1.63. The van der Waals surface area contributed by atoms with Crippen molar-refractivity contribution in [3.05, 3.63) is 83.2 Å². The summed E-state index contributed by atoms with van der Waals surface area (Å²) >= 11 is 1.53. The minimum atomic E-state index is -0.615. The van der Waals surface area contributed by atoms with E-state index in [1.54, 1.807) is 7.11 Å². The first-order valence-corrected chi connectivity index (χ1v) is 11.1. The monoisotopic (exact) mass is 434 g/mol. The number of hydrogen-bond acceptors (Lipinski definition) is 5. The lowest BCUT2D eigenvalue weighted by Gasteiger charge is -2.16. The highest BCUT2D eigenvalue weighted by Crippen LogP contribution is 2.46. The summed E-state index contributed by atoms with van der Waals surface area (Å²) in [6, 6.07) is 23.5. The van der Waals surface area contributed by atoms with Crippen LogP contribution in [-0.2, 0) is 6.61 Å². The predicted octanol–water partition coefficient (Wildman–Crippen LogP) is 6.97. The van der Waals surface area contributed by atoms with Crippen LogP contribution in [0.4, 0.5) is 0 Å². The summed E-state index contributed by atoms with van der Waals surface area (Å²) in [6.07, 6.45) is -0.615. The van der Waals surface area contributed by atoms with Crippen LogP contribution in [0.5, 0.6) is 23.0 Å². The molecule has 0 aliphatic carbocycles. The molecule has 3 aromatic carbocycles. The van der Waals surface area contributed by atoms with Gasteiger partial charge in [0.05, 0.1) is 18.1 Å². The largest absolute Gasteiger partial charge is 0.497 e. The van der Waals surface area contributed by atoms with E-state index < -0.39 is 6.10 Å². The van der Waals surface area contributed by atoms with Crippen LogP contribution < -0.4 is 14.2 Å². The molecule has 0 amide bonds. The van der Waals surface area contributed by atoms with Gasteiger partial charge < -0.3 is 19.3 Å². The molecule has 0 fully saturated rings. The van der Waals surface area contributed by atoms with Gasteiger partial charge in [0.1, 0.15) is 23.9 Å². The van der Waals surface area contributed by atoms with Crippen molar-refractivity contribution < 1.29 is 19.3 Å². The standard InChI is InChI=1S/C26H26O4S/c1-17(2)24(27)26-25(22-13-12-19(28-3)15-23(22)31-26)30-21-11-7-10-20(14-21)29-16-18-8-5-4-6-9-18/h4-15,17,24,27H,16H2,1-3H3. The molecule has 1 N–H and O–H groups in total. The Morgan fingerprint density at radius 1 is 0.871 bits per heavy atom. The van der Waals surface area contributed by atoms with Crippen LogP contribution in [-0.4, -0.2) is 12.2 Å². The van der Waals surface area contributed by atoms with Crippen LogP contribution in [0.25, 0.3) is 10.1 Å². The van der Waals surface area contributed by atoms with Crippen molar-refractivity contribution in [3.8, 4) is 23.0 Å². The number of thiophene rings is 1. The van der Waals surface area contributed by atoms with Crippen LogP contribution >= 0.6 is 11.3 Å². The van der Waals surface area contributed by atoms with E-state index in [1.807, 2.05) is 86.6 Å². The van der Waals surface area contributed by atoms with Crippen molar-refractivity contribution in [2.45, 2.75) is 26.6 Å². The van der Waals surface area contributed by atoms with Gasteiger partial charge in [0.15, 0.2) is 5.75 Å². The van der Waals surface area contributed by atoms with Gasteiger partial charge in [-0.15, -0.1) is 11.3 Å². The topological polar surface area (TPSA) is 47.9 Å². The zero-order chi connectivity index (χ0) is 21.8. The summed E-state index contributed by atoms with van der Waals surface area (Å²) in [5.41, 5.74) is 1.11. The third kappa shape index (κ3) is 4.84. The third-order valence-corrected chi connectivity index (χ3v) is 6.26. The summed E-state index contributed by atoms with van der Waals surface area (Å²) in [7, 11) is 1.65. The van der Waals surface area contributed by atoms with Crippen molar-refractivity contribution in [1.29, 1.82) is 0 Å². The number of ether oxygens (including phenoxy) is 3. The number of rotatable bonds is 8. The minimum Gasteiger partial charge on any atom is -0.497 e. The first kappa shape index (κ1) is 21.2. The number of fused-ring (bicyclic) bond motifs is 1. The van der Waals surface area contributed by atoms with Crippen molar-refractivity contribution >= 4 is 21.4 Å². The molecule has 31 heavy (non-hydrogen) atoms. The number of hydrogen-bond donors (Lipinski definition) is 1. The second-order valence-electron chi connectivity index (χ2n) is 7.70. The second-order valence-corrected chi connectivity index (χ2v) is 8.78. The van der Waals surface area contributed by atoms with Crippen LogP contribution in [0.2, 0.25) is 0 Å². The molecule has 0 aliphatic rings. The second kappa shape index (κ2) is 9.41. The fraction of sp³-hybridized carbons (Fsp3) is 0.231. The van der Waals surface area contributed by atoms with Crippen molar-refractivity contribution in [3.63, 3.8) is 0 Å². The van der Waals surface area contributed by atoms with Gasteiger partial charge in [-0.3, -0.25) is 0 Å². The van der Waals surface area contributed by atoms with E-state index in [2.05, 4.69) is 0 Å². The van der Waals surface area contributed by atoms with Gasteiger partial charge in [0.2, 0.25) is 0 Å². The van der Waals surface area contributed by atoms with E-state index in [0.29, 0.717) is 18.1 Å². The smallest absolute Gasteiger partial charge is 0.151 e. The van der Waals surface area contributed by atoms with Crippen LogP contribution in [0.3, 0.4) is 0 Å². The molecule has 1 aromatic heterocycles. The van der Waals surface area contributed by atoms with E-state index in [-0.39, 0.29) is 5.92 Å². The summed E-state index contributed by atoms with van der Waals surface area (Å²) in [6.45, 7) is 4.48. The van der Waals surface area contributed by atoms with Crippen molar-refractivity contribution in [2.24, 2.45) is 5.92 Å². The third-order valence-electron chi connectivity index (χ3n) is 5.05. The molecular weight excluding hydrogens is 408 g/mol. The molecule has 1 unspecified atom stereocenters. The van der Waals surface area contributed by atoms with Crippen molar-refractivity contribution in [2.75, 3.05) is 7.11 Å². The molecule has 0 saturated heterocycles. The summed E-state index contributed by atoms with van der Waals surface area (Å²) in [5, 5.41) is 11.8. The highest BCUT2D eigenvalue weighted by atomic mass is 32.1. The molecule has 1 heterocycles. The fourth-order valence-corrected chi connectivity index (χ4v) is 4.61. The molecule has 0 spiro atoms. The van der Waals surface area contributed by atoms with E-state index in [1.165, 1.54) is 11.3 Å². The lowest BCUT2D eigenvalue weighted by molar-refractivity contribution is 0.128. The average molecular weight is 435 g/mol. The first-order chi connectivity index (χ1) is 15.0. The molecule has 4 rings (SSSR count). The zero-order valence-electron chi connectivity index (χ0n) is 17.9. The molecule has 0 aliphatic heterocycles. The maximum atomic E-state index is 10.8. The van der Waals surface area contributed by atoms with Gasteiger partial charge in [-0.2, -0.15) is 0 Å². The molecule has 0 radical (unpaired) electrons. The first-order valence-electron chi connectivity index (χ1n) is 10.3. The number of aliphatic hydroxyl groups is 1. The number of benzene rings is 3. The Labute approximate surface area is 186 Å². The van der Waals surface area contributed by atoms with Gasteiger partial charge in [-0.1, -0.05) is 50.2 Å². The van der Waals surface area contributed by atoms with E-state index >= 15 is 0 Å². The Morgan fingerprint density at radius 2 is 1.65 bits per heavy atom. The van der Waals surface area contributed by atoms with Gasteiger partial charge in [0, 0.05) is 16.2 Å². The highest BCUT2D eigenvalue weighted by Gasteiger charge is 2.23. The summed E-state index contributed by atoms with van der Waals surface area (Å²) in [5.74, 6) is 2.93. The summed E-state index contributed by atoms with van der Waals surface area (Å²) in [4.78, 5) is 0.814. The quantitative estimate of drug-likeness (QED) is 0.325. The van der Waals surface area contributed by atoms with Gasteiger partial charge in [0.25, 0.3) is 0 Å². The molecule has 160 valence electrons. The average Bonchev–Trinajstić information content (AvgIpc) is 3.15. The molecule has 0 bridgehead atoms. The van der Waals surface area contributed by atoms with Crippen LogP contribution in [0.15, 0.2) is 72.8 Å². The van der Waals surface area contributed by atoms with Gasteiger partial charge in [-0.05, 0) is 41.8 Å². The predicted molar refractivity (Wildman–Crippen MR) is 125 cm³/mol. The van der Waals surface area contributed by atoms with Crippen molar-refractivity contribution in [1.82, 2.24) is 0 Å². The van der Waals surface area contributed by atoms with E-state index in [9.17, 15) is 5.11 Å². The SMILES string of the molecule is COc1ccc2c(Oc3cccc(OCc4ccccc4)c3)c(C(O)C(C)C)sc2c1. The van der Waals surface area contributed by atoms with Gasteiger partial charge >= 0.3 is 0 Å².